The lowest BCUT2D eigenvalue weighted by Crippen LogP contribution is -2.50. The van der Waals surface area contributed by atoms with E-state index in [2.05, 4.69) is 56.2 Å². The van der Waals surface area contributed by atoms with Gasteiger partial charge in [0.05, 0.1) is 40.3 Å². The Bertz CT molecular complexity index is 328. The van der Waals surface area contributed by atoms with Gasteiger partial charge < -0.3 is 17.3 Å². The first-order valence-electron chi connectivity index (χ1n) is 10.5. The monoisotopic (exact) mass is 399 g/mol. The molecule has 0 aliphatic rings. The van der Waals surface area contributed by atoms with E-state index < -0.39 is 7.25 Å². The van der Waals surface area contributed by atoms with Crippen molar-refractivity contribution in [2.24, 2.45) is 0 Å². The van der Waals surface area contributed by atoms with Crippen LogP contribution in [0.4, 0.5) is 17.3 Å². The van der Waals surface area contributed by atoms with Crippen molar-refractivity contribution in [2.75, 3.05) is 40.3 Å². The van der Waals surface area contributed by atoms with Gasteiger partial charge in [-0.1, -0.05) is 53.4 Å². The molecule has 0 amide bonds. The van der Waals surface area contributed by atoms with Gasteiger partial charge in [-0.25, -0.2) is 0 Å². The normalized spacial score (nSPS) is 10.9. The number of halogens is 4. The number of hydrogen-bond donors (Lipinski definition) is 0. The van der Waals surface area contributed by atoms with E-state index in [0.29, 0.717) is 0 Å². The maximum absolute atomic E-state index is 9.75. The predicted octanol–water partition coefficient (Wildman–Crippen LogP) is 5.72. The molecule has 0 unspecified atom stereocenters. The molecule has 0 fully saturated rings. The molecule has 0 saturated heterocycles. The van der Waals surface area contributed by atoms with Gasteiger partial charge in [-0.15, -0.1) is 0 Å². The molecule has 3 nitrogen and oxygen atoms in total. The van der Waals surface area contributed by atoms with Crippen molar-refractivity contribution < 1.29 is 21.8 Å². The van der Waals surface area contributed by atoms with Crippen molar-refractivity contribution in [3.05, 3.63) is 0 Å². The van der Waals surface area contributed by atoms with E-state index in [9.17, 15) is 17.3 Å². The molecule has 164 valence electrons. The van der Waals surface area contributed by atoms with Crippen LogP contribution < -0.4 is 0 Å². The van der Waals surface area contributed by atoms with Crippen LogP contribution in [-0.4, -0.2) is 67.9 Å². The molecule has 0 rings (SSSR count). The Balaban J connectivity index is 0. The van der Waals surface area contributed by atoms with Gasteiger partial charge in [0.25, 0.3) is 0 Å². The van der Waals surface area contributed by atoms with Crippen molar-refractivity contribution >= 4 is 13.2 Å². The Hall–Kier alpha value is -0.945. The summed E-state index contributed by atoms with van der Waals surface area (Å²) in [7, 11) is -1.57. The summed E-state index contributed by atoms with van der Waals surface area (Å²) in [5, 5.41) is 0. The maximum atomic E-state index is 9.75. The van der Waals surface area contributed by atoms with E-state index in [1.807, 2.05) is 0 Å². The third kappa shape index (κ3) is 18.2. The largest absolute Gasteiger partial charge is 0.673 e. The quantitative estimate of drug-likeness (QED) is 0.137. The number of hydrogen-bond acceptors (Lipinski definition) is 0. The van der Waals surface area contributed by atoms with Crippen molar-refractivity contribution in [3.8, 4) is 0 Å². The molecule has 0 heterocycles. The SMILES string of the molecule is CCCCN(CCCC)C(N(CCCC)CCCC)=[N+](C)C.F[B-](F)(F)F. The summed E-state index contributed by atoms with van der Waals surface area (Å²) in [5.41, 5.74) is 0. The van der Waals surface area contributed by atoms with Gasteiger partial charge in [0.15, 0.2) is 0 Å². The second-order valence-electron chi connectivity index (χ2n) is 7.08. The molecule has 0 spiro atoms. The van der Waals surface area contributed by atoms with E-state index in [0.717, 1.165) is 0 Å². The molecule has 0 aliphatic carbocycles. The zero-order valence-electron chi connectivity index (χ0n) is 18.4. The van der Waals surface area contributed by atoms with Crippen LogP contribution in [0, 0.1) is 0 Å². The van der Waals surface area contributed by atoms with Crippen LogP contribution in [0.3, 0.4) is 0 Å². The molecule has 27 heavy (non-hydrogen) atoms. The highest BCUT2D eigenvalue weighted by Gasteiger charge is 2.26. The smallest absolute Gasteiger partial charge is 0.418 e. The van der Waals surface area contributed by atoms with Gasteiger partial charge in [0.1, 0.15) is 0 Å². The maximum Gasteiger partial charge on any atom is 0.673 e. The van der Waals surface area contributed by atoms with Crippen LogP contribution in [0.2, 0.25) is 0 Å². The fourth-order valence-electron chi connectivity index (χ4n) is 2.79. The molecule has 0 aliphatic heterocycles. The minimum Gasteiger partial charge on any atom is -0.418 e. The first kappa shape index (κ1) is 28.3. The third-order valence-electron chi connectivity index (χ3n) is 4.09. The van der Waals surface area contributed by atoms with Crippen LogP contribution in [0.25, 0.3) is 0 Å². The number of nitrogens with zero attached hydrogens (tertiary/aromatic N) is 3. The molecule has 0 aromatic rings. The molecule has 0 radical (unpaired) electrons. The van der Waals surface area contributed by atoms with Gasteiger partial charge in [-0.3, -0.25) is 14.4 Å². The summed E-state index contributed by atoms with van der Waals surface area (Å²) < 4.78 is 41.3. The zero-order chi connectivity index (χ0) is 21.3. The molecule has 0 bridgehead atoms. The Kier molecular flexibility index (Phi) is 18.0. The predicted molar refractivity (Wildman–Crippen MR) is 110 cm³/mol. The first-order chi connectivity index (χ1) is 12.6. The summed E-state index contributed by atoms with van der Waals surface area (Å²) >= 11 is 0. The molecule has 0 aromatic carbocycles. The van der Waals surface area contributed by atoms with Crippen LogP contribution in [0.5, 0.6) is 0 Å². The van der Waals surface area contributed by atoms with E-state index >= 15 is 0 Å². The lowest BCUT2D eigenvalue weighted by atomic mass is 10.2. The van der Waals surface area contributed by atoms with Crippen LogP contribution in [0.15, 0.2) is 0 Å². The van der Waals surface area contributed by atoms with Crippen molar-refractivity contribution in [1.29, 1.82) is 0 Å². The van der Waals surface area contributed by atoms with Crippen LogP contribution in [-0.2, 0) is 0 Å². The summed E-state index contributed by atoms with van der Waals surface area (Å²) in [6, 6.07) is 0. The fraction of sp³-hybridized carbons (Fsp3) is 0.947. The number of guanidine groups is 1. The van der Waals surface area contributed by atoms with Gasteiger partial charge in [0.2, 0.25) is 0 Å². The average Bonchev–Trinajstić information content (AvgIpc) is 2.56. The number of rotatable bonds is 12. The van der Waals surface area contributed by atoms with Crippen molar-refractivity contribution in [3.63, 3.8) is 0 Å². The third-order valence-corrected chi connectivity index (χ3v) is 4.09. The zero-order valence-corrected chi connectivity index (χ0v) is 18.4. The van der Waals surface area contributed by atoms with Crippen molar-refractivity contribution in [2.45, 2.75) is 79.1 Å². The van der Waals surface area contributed by atoms with Gasteiger partial charge >= 0.3 is 13.2 Å². The van der Waals surface area contributed by atoms with Gasteiger partial charge in [0, 0.05) is 0 Å². The van der Waals surface area contributed by atoms with E-state index in [-0.39, 0.29) is 0 Å². The van der Waals surface area contributed by atoms with Crippen LogP contribution in [0.1, 0.15) is 79.1 Å². The Labute approximate surface area is 164 Å². The van der Waals surface area contributed by atoms with E-state index in [1.54, 1.807) is 0 Å². The van der Waals surface area contributed by atoms with Gasteiger partial charge in [-0.2, -0.15) is 0 Å². The van der Waals surface area contributed by atoms with E-state index in [1.165, 1.54) is 83.5 Å². The molecular weight excluding hydrogens is 357 g/mol. The van der Waals surface area contributed by atoms with Crippen LogP contribution >= 0.6 is 0 Å². The Morgan fingerprint density at radius 3 is 1.00 bits per heavy atom. The fourth-order valence-corrected chi connectivity index (χ4v) is 2.79. The molecule has 0 saturated carbocycles. The standard InChI is InChI=1S/C19H42N3.BF4/c1-7-11-15-21(16-12-8-2)19(20(5)6)22(17-13-9-3)18-14-10-4;2-1(3,4)5/h7-18H2,1-6H3;/q+1;-1. The lowest BCUT2D eigenvalue weighted by molar-refractivity contribution is -0.476. The molecule has 0 aromatic heterocycles. The van der Waals surface area contributed by atoms with Crippen molar-refractivity contribution in [1.82, 2.24) is 9.80 Å². The highest BCUT2D eigenvalue weighted by Crippen LogP contribution is 2.08. The molecular formula is C19H42BF4N3. The lowest BCUT2D eigenvalue weighted by Gasteiger charge is -2.29. The summed E-state index contributed by atoms with van der Waals surface area (Å²) in [6.07, 6.45) is 10.2. The average molecular weight is 399 g/mol. The minimum atomic E-state index is -6.00. The second kappa shape index (κ2) is 17.2. The summed E-state index contributed by atoms with van der Waals surface area (Å²) in [4.78, 5) is 5.27. The highest BCUT2D eigenvalue weighted by atomic mass is 19.5. The highest BCUT2D eigenvalue weighted by molar-refractivity contribution is 6.50. The van der Waals surface area contributed by atoms with Gasteiger partial charge in [-0.05, 0) is 25.7 Å². The Morgan fingerprint density at radius 1 is 0.630 bits per heavy atom. The topological polar surface area (TPSA) is 9.49 Å². The van der Waals surface area contributed by atoms with E-state index in [4.69, 9.17) is 0 Å². The summed E-state index contributed by atoms with van der Waals surface area (Å²) in [5.74, 6) is 1.45. The molecule has 8 heteroatoms. The first-order valence-corrected chi connectivity index (χ1v) is 10.5. The Morgan fingerprint density at radius 2 is 0.852 bits per heavy atom. The second-order valence-corrected chi connectivity index (χ2v) is 7.08. The number of unbranched alkanes of at least 4 members (excludes halogenated alkanes) is 4. The molecule has 0 atom stereocenters. The molecule has 0 N–H and O–H groups in total. The summed E-state index contributed by atoms with van der Waals surface area (Å²) in [6.45, 7) is 13.9. The minimum absolute atomic E-state index is 1.19.